The lowest BCUT2D eigenvalue weighted by Crippen LogP contribution is -2.05. The van der Waals surface area contributed by atoms with Crippen molar-refractivity contribution in [2.45, 2.75) is 0 Å². The molecule has 1 heterocycles. The van der Waals surface area contributed by atoms with E-state index in [1.165, 1.54) is 0 Å². The minimum atomic E-state index is -0.0914. The molecule has 0 spiro atoms. The van der Waals surface area contributed by atoms with Gasteiger partial charge >= 0.3 is 0 Å². The van der Waals surface area contributed by atoms with Crippen molar-refractivity contribution >= 4 is 5.78 Å². The fraction of sp³-hybridized carbons (Fsp3) is 0. The van der Waals surface area contributed by atoms with Crippen molar-refractivity contribution in [3.05, 3.63) is 133 Å². The number of hydrogen-bond acceptors (Lipinski definition) is 2. The molecule has 3 heteroatoms. The average molecular weight is 400 g/mol. The van der Waals surface area contributed by atoms with Crippen LogP contribution < -0.4 is 0 Å². The lowest BCUT2D eigenvalue weighted by atomic mass is 9.95. The second kappa shape index (κ2) is 8.25. The maximum atomic E-state index is 13.6. The first kappa shape index (κ1) is 18.8. The summed E-state index contributed by atoms with van der Waals surface area (Å²) >= 11 is 0. The smallest absolute Gasteiger partial charge is 0.213 e. The summed E-state index contributed by atoms with van der Waals surface area (Å²) in [6.07, 6.45) is 0. The first-order chi connectivity index (χ1) is 15.3. The third kappa shape index (κ3) is 3.58. The van der Waals surface area contributed by atoms with Gasteiger partial charge in [-0.25, -0.2) is 4.68 Å². The van der Waals surface area contributed by atoms with Crippen molar-refractivity contribution in [2.24, 2.45) is 0 Å². The topological polar surface area (TPSA) is 34.9 Å². The zero-order valence-electron chi connectivity index (χ0n) is 16.8. The SMILES string of the molecule is O=C(c1ccccc1)c1nn(-c2ccccc2)c(-c2ccccc2)c1-c1ccccc1. The summed E-state index contributed by atoms with van der Waals surface area (Å²) in [5.41, 5.74) is 5.68. The molecule has 0 N–H and O–H groups in total. The van der Waals surface area contributed by atoms with Crippen LogP contribution in [0.15, 0.2) is 121 Å². The number of nitrogens with zero attached hydrogens (tertiary/aromatic N) is 2. The van der Waals surface area contributed by atoms with Crippen molar-refractivity contribution in [1.29, 1.82) is 0 Å². The number of benzene rings is 4. The van der Waals surface area contributed by atoms with E-state index in [2.05, 4.69) is 12.1 Å². The van der Waals surface area contributed by atoms with Crippen LogP contribution >= 0.6 is 0 Å². The maximum absolute atomic E-state index is 13.6. The summed E-state index contributed by atoms with van der Waals surface area (Å²) in [7, 11) is 0. The standard InChI is InChI=1S/C28H20N2O/c31-28(23-17-9-3-10-18-23)26-25(21-13-5-1-6-14-21)27(22-15-7-2-8-16-22)30(29-26)24-19-11-4-12-20-24/h1-20H. The molecule has 31 heavy (non-hydrogen) atoms. The molecule has 1 aromatic heterocycles. The first-order valence-corrected chi connectivity index (χ1v) is 10.2. The van der Waals surface area contributed by atoms with Gasteiger partial charge in [0.2, 0.25) is 5.78 Å². The van der Waals surface area contributed by atoms with E-state index in [0.717, 1.165) is 28.1 Å². The fourth-order valence-electron chi connectivity index (χ4n) is 3.80. The van der Waals surface area contributed by atoms with Crippen molar-refractivity contribution in [1.82, 2.24) is 9.78 Å². The minimum Gasteiger partial charge on any atom is -0.287 e. The highest BCUT2D eigenvalue weighted by Gasteiger charge is 2.26. The molecule has 0 fully saturated rings. The number of hydrogen-bond donors (Lipinski definition) is 0. The Bertz CT molecular complexity index is 1310. The summed E-state index contributed by atoms with van der Waals surface area (Å²) in [5, 5.41) is 4.88. The number of para-hydroxylation sites is 1. The molecule has 5 rings (SSSR count). The normalized spacial score (nSPS) is 10.7. The third-order valence-corrected chi connectivity index (χ3v) is 5.25. The summed E-state index contributed by atoms with van der Waals surface area (Å²) in [6.45, 7) is 0. The molecular formula is C28H20N2O. The highest BCUT2D eigenvalue weighted by Crippen LogP contribution is 2.37. The summed E-state index contributed by atoms with van der Waals surface area (Å²) in [5.74, 6) is -0.0914. The monoisotopic (exact) mass is 400 g/mol. The Labute approximate surface area is 181 Å². The van der Waals surface area contributed by atoms with Crippen molar-refractivity contribution in [2.75, 3.05) is 0 Å². The van der Waals surface area contributed by atoms with E-state index in [0.29, 0.717) is 11.3 Å². The average Bonchev–Trinajstić information content (AvgIpc) is 3.26. The summed E-state index contributed by atoms with van der Waals surface area (Å²) in [4.78, 5) is 13.6. The molecule has 0 unspecified atom stereocenters. The van der Waals surface area contributed by atoms with Crippen LogP contribution in [0.2, 0.25) is 0 Å². The highest BCUT2D eigenvalue weighted by molar-refractivity contribution is 6.13. The largest absolute Gasteiger partial charge is 0.287 e. The molecule has 0 radical (unpaired) electrons. The van der Waals surface area contributed by atoms with E-state index >= 15 is 0 Å². The number of carbonyl (C=O) groups is 1. The molecule has 0 saturated heterocycles. The Morgan fingerprint density at radius 3 is 1.65 bits per heavy atom. The van der Waals surface area contributed by atoms with E-state index in [9.17, 15) is 4.79 Å². The number of ketones is 1. The van der Waals surface area contributed by atoms with Gasteiger partial charge in [-0.3, -0.25) is 4.79 Å². The van der Waals surface area contributed by atoms with Gasteiger partial charge in [-0.1, -0.05) is 109 Å². The van der Waals surface area contributed by atoms with Crippen LogP contribution in [-0.2, 0) is 0 Å². The predicted molar refractivity (Wildman–Crippen MR) is 124 cm³/mol. The van der Waals surface area contributed by atoms with Crippen LogP contribution in [0, 0.1) is 0 Å². The lowest BCUT2D eigenvalue weighted by Gasteiger charge is -2.10. The van der Waals surface area contributed by atoms with Gasteiger partial charge in [0.25, 0.3) is 0 Å². The summed E-state index contributed by atoms with van der Waals surface area (Å²) < 4.78 is 1.88. The van der Waals surface area contributed by atoms with Gasteiger partial charge in [0, 0.05) is 16.7 Å². The molecular weight excluding hydrogens is 380 g/mol. The van der Waals surface area contributed by atoms with Gasteiger partial charge in [0.05, 0.1) is 11.4 Å². The van der Waals surface area contributed by atoms with Gasteiger partial charge < -0.3 is 0 Å². The molecule has 0 amide bonds. The second-order valence-electron chi connectivity index (χ2n) is 7.25. The highest BCUT2D eigenvalue weighted by atomic mass is 16.1. The summed E-state index contributed by atoms with van der Waals surface area (Å²) in [6, 6.07) is 39.4. The molecule has 0 saturated carbocycles. The fourth-order valence-corrected chi connectivity index (χ4v) is 3.80. The van der Waals surface area contributed by atoms with E-state index in [1.54, 1.807) is 0 Å². The quantitative estimate of drug-likeness (QED) is 0.318. The van der Waals surface area contributed by atoms with Crippen LogP contribution in [0.3, 0.4) is 0 Å². The van der Waals surface area contributed by atoms with Crippen LogP contribution in [0.1, 0.15) is 16.1 Å². The van der Waals surface area contributed by atoms with Gasteiger partial charge in [0.1, 0.15) is 5.69 Å². The van der Waals surface area contributed by atoms with Gasteiger partial charge in [-0.15, -0.1) is 0 Å². The molecule has 0 aliphatic carbocycles. The van der Waals surface area contributed by atoms with Crippen LogP contribution in [0.5, 0.6) is 0 Å². The number of rotatable bonds is 5. The van der Waals surface area contributed by atoms with Gasteiger partial charge in [-0.05, 0) is 17.7 Å². The van der Waals surface area contributed by atoms with E-state index in [-0.39, 0.29) is 5.78 Å². The Hall–Kier alpha value is -4.24. The molecule has 4 aromatic carbocycles. The number of aromatic nitrogens is 2. The van der Waals surface area contributed by atoms with Crippen LogP contribution in [0.25, 0.3) is 28.1 Å². The Balaban J connectivity index is 1.85. The number of carbonyl (C=O) groups excluding carboxylic acids is 1. The van der Waals surface area contributed by atoms with E-state index in [1.807, 2.05) is 114 Å². The maximum Gasteiger partial charge on any atom is 0.213 e. The van der Waals surface area contributed by atoms with E-state index < -0.39 is 0 Å². The molecule has 148 valence electrons. The molecule has 0 atom stereocenters. The third-order valence-electron chi connectivity index (χ3n) is 5.25. The van der Waals surface area contributed by atoms with Gasteiger partial charge in [-0.2, -0.15) is 5.10 Å². The Kier molecular flexibility index (Phi) is 4.99. The zero-order chi connectivity index (χ0) is 21.0. The molecule has 3 nitrogen and oxygen atoms in total. The Morgan fingerprint density at radius 2 is 1.06 bits per heavy atom. The van der Waals surface area contributed by atoms with Crippen molar-refractivity contribution in [3.8, 4) is 28.1 Å². The van der Waals surface area contributed by atoms with E-state index in [4.69, 9.17) is 5.10 Å². The van der Waals surface area contributed by atoms with Crippen molar-refractivity contribution < 1.29 is 4.79 Å². The molecule has 0 bridgehead atoms. The lowest BCUT2D eigenvalue weighted by molar-refractivity contribution is 0.103. The molecule has 5 aromatic rings. The second-order valence-corrected chi connectivity index (χ2v) is 7.25. The minimum absolute atomic E-state index is 0.0914. The molecule has 0 aliphatic rings. The predicted octanol–water partition coefficient (Wildman–Crippen LogP) is 6.44. The Morgan fingerprint density at radius 1 is 0.581 bits per heavy atom. The first-order valence-electron chi connectivity index (χ1n) is 10.2. The zero-order valence-corrected chi connectivity index (χ0v) is 16.8. The van der Waals surface area contributed by atoms with Gasteiger partial charge in [0.15, 0.2) is 0 Å². The van der Waals surface area contributed by atoms with Crippen molar-refractivity contribution in [3.63, 3.8) is 0 Å². The van der Waals surface area contributed by atoms with Crippen LogP contribution in [-0.4, -0.2) is 15.6 Å². The molecule has 0 aliphatic heterocycles. The van der Waals surface area contributed by atoms with Crippen LogP contribution in [0.4, 0.5) is 0 Å².